The van der Waals surface area contributed by atoms with Crippen LogP contribution in [-0.2, 0) is 0 Å². The van der Waals surface area contributed by atoms with Crippen molar-refractivity contribution >= 4 is 5.69 Å². The van der Waals surface area contributed by atoms with Gasteiger partial charge in [-0.1, -0.05) is 26.0 Å². The number of anilines is 1. The lowest BCUT2D eigenvalue weighted by molar-refractivity contribution is 0.340. The molecule has 1 aromatic rings. The maximum Gasteiger partial charge on any atom is 0.142 e. The highest BCUT2D eigenvalue weighted by atomic mass is 16.5. The van der Waals surface area contributed by atoms with E-state index in [9.17, 15) is 0 Å². The highest BCUT2D eigenvalue weighted by Crippen LogP contribution is 2.29. The Morgan fingerprint density at radius 3 is 2.90 bits per heavy atom. The summed E-state index contributed by atoms with van der Waals surface area (Å²) in [6.45, 7) is 10.6. The molecule has 1 N–H and O–H groups in total. The zero-order chi connectivity index (χ0) is 14.4. The zero-order valence-electron chi connectivity index (χ0n) is 13.1. The normalized spacial score (nSPS) is 20.0. The Balaban J connectivity index is 2.13. The molecule has 1 aromatic carbocycles. The average molecular weight is 276 g/mol. The lowest BCUT2D eigenvalue weighted by Gasteiger charge is -2.28. The van der Waals surface area contributed by atoms with Crippen molar-refractivity contribution in [3.63, 3.8) is 0 Å². The Hall–Kier alpha value is -1.22. The van der Waals surface area contributed by atoms with Crippen molar-refractivity contribution in [2.45, 2.75) is 39.7 Å². The van der Waals surface area contributed by atoms with Crippen LogP contribution in [0.4, 0.5) is 5.69 Å². The summed E-state index contributed by atoms with van der Waals surface area (Å²) in [5.41, 5.74) is 1.24. The first kappa shape index (κ1) is 15.2. The van der Waals surface area contributed by atoms with Crippen LogP contribution in [0.2, 0.25) is 0 Å². The fraction of sp³-hybridized carbons (Fsp3) is 0.647. The smallest absolute Gasteiger partial charge is 0.142 e. The number of hydrogen-bond donors (Lipinski definition) is 1. The van der Waals surface area contributed by atoms with Crippen LogP contribution in [0.3, 0.4) is 0 Å². The number of benzene rings is 1. The van der Waals surface area contributed by atoms with E-state index in [2.05, 4.69) is 48.3 Å². The molecule has 1 unspecified atom stereocenters. The van der Waals surface area contributed by atoms with Gasteiger partial charge in [-0.15, -0.1) is 0 Å². The molecule has 1 saturated heterocycles. The first-order valence-corrected chi connectivity index (χ1v) is 7.90. The van der Waals surface area contributed by atoms with Crippen LogP contribution in [0.25, 0.3) is 0 Å². The van der Waals surface area contributed by atoms with Gasteiger partial charge >= 0.3 is 0 Å². The lowest BCUT2D eigenvalue weighted by atomic mass is 10.0. The van der Waals surface area contributed by atoms with Crippen molar-refractivity contribution < 1.29 is 4.74 Å². The number of hydrogen-bond acceptors (Lipinski definition) is 3. The van der Waals surface area contributed by atoms with Gasteiger partial charge in [-0.2, -0.15) is 0 Å². The zero-order valence-corrected chi connectivity index (χ0v) is 13.1. The fourth-order valence-corrected chi connectivity index (χ4v) is 2.94. The Labute approximate surface area is 123 Å². The summed E-state index contributed by atoms with van der Waals surface area (Å²) in [7, 11) is 0. The van der Waals surface area contributed by atoms with Crippen molar-refractivity contribution in [2.75, 3.05) is 31.1 Å². The number of ether oxygens (including phenoxy) is 1. The predicted octanol–water partition coefficient (Wildman–Crippen LogP) is 3.30. The number of rotatable bonds is 5. The van der Waals surface area contributed by atoms with Crippen molar-refractivity contribution in [2.24, 2.45) is 5.92 Å². The molecule has 1 fully saturated rings. The van der Waals surface area contributed by atoms with Crippen molar-refractivity contribution in [1.82, 2.24) is 5.32 Å². The third kappa shape index (κ3) is 4.14. The number of nitrogens with zero attached hydrogens (tertiary/aromatic N) is 1. The summed E-state index contributed by atoms with van der Waals surface area (Å²) >= 11 is 0. The molecule has 0 aromatic heterocycles. The highest BCUT2D eigenvalue weighted by molar-refractivity contribution is 5.58. The highest BCUT2D eigenvalue weighted by Gasteiger charge is 2.20. The maximum atomic E-state index is 5.79. The molecule has 112 valence electrons. The van der Waals surface area contributed by atoms with Crippen molar-refractivity contribution in [3.05, 3.63) is 24.3 Å². The summed E-state index contributed by atoms with van der Waals surface area (Å²) < 4.78 is 5.79. The van der Waals surface area contributed by atoms with E-state index in [1.807, 2.05) is 6.92 Å². The van der Waals surface area contributed by atoms with Gasteiger partial charge in [0.1, 0.15) is 5.75 Å². The lowest BCUT2D eigenvalue weighted by Crippen LogP contribution is -2.38. The second-order valence-corrected chi connectivity index (χ2v) is 5.98. The summed E-state index contributed by atoms with van der Waals surface area (Å²) in [6, 6.07) is 8.99. The van der Waals surface area contributed by atoms with E-state index in [4.69, 9.17) is 4.74 Å². The minimum Gasteiger partial charge on any atom is -0.492 e. The molecule has 3 heteroatoms. The fourth-order valence-electron chi connectivity index (χ4n) is 2.94. The molecule has 1 aliphatic rings. The van der Waals surface area contributed by atoms with Gasteiger partial charge in [-0.3, -0.25) is 0 Å². The predicted molar refractivity (Wildman–Crippen MR) is 85.7 cm³/mol. The van der Waals surface area contributed by atoms with Gasteiger partial charge in [-0.25, -0.2) is 0 Å². The van der Waals surface area contributed by atoms with E-state index >= 15 is 0 Å². The van der Waals surface area contributed by atoms with E-state index in [-0.39, 0.29) is 0 Å². The molecule has 0 saturated carbocycles. The molecule has 2 rings (SSSR count). The summed E-state index contributed by atoms with van der Waals surface area (Å²) in [5.74, 6) is 1.75. The van der Waals surface area contributed by atoms with E-state index < -0.39 is 0 Å². The third-order valence-electron chi connectivity index (χ3n) is 3.74. The van der Waals surface area contributed by atoms with Crippen LogP contribution in [0.5, 0.6) is 5.75 Å². The van der Waals surface area contributed by atoms with Crippen LogP contribution in [0.15, 0.2) is 24.3 Å². The van der Waals surface area contributed by atoms with E-state index in [1.54, 1.807) is 0 Å². The van der Waals surface area contributed by atoms with Crippen LogP contribution < -0.4 is 15.0 Å². The quantitative estimate of drug-likeness (QED) is 0.893. The molecule has 20 heavy (non-hydrogen) atoms. The Morgan fingerprint density at radius 1 is 1.35 bits per heavy atom. The largest absolute Gasteiger partial charge is 0.492 e. The van der Waals surface area contributed by atoms with E-state index in [0.717, 1.165) is 37.9 Å². The van der Waals surface area contributed by atoms with Crippen LogP contribution in [-0.4, -0.2) is 32.3 Å². The summed E-state index contributed by atoms with van der Waals surface area (Å²) in [4.78, 5) is 2.48. The molecule has 0 bridgehead atoms. The standard InChI is InChI=1S/C17H28N2O/c1-4-20-17-9-6-5-8-16(17)19-11-7-10-18-15(13-19)12-14(2)3/h5-6,8-9,14-15,18H,4,7,10-13H2,1-3H3. The van der Waals surface area contributed by atoms with Crippen LogP contribution in [0, 0.1) is 5.92 Å². The first-order chi connectivity index (χ1) is 9.70. The Kier molecular flexibility index (Phi) is 5.72. The minimum atomic E-state index is 0.576. The van der Waals surface area contributed by atoms with Crippen molar-refractivity contribution in [3.8, 4) is 5.75 Å². The second-order valence-electron chi connectivity index (χ2n) is 5.98. The average Bonchev–Trinajstić information content (AvgIpc) is 2.64. The molecular formula is C17H28N2O. The van der Waals surface area contributed by atoms with Gasteiger partial charge in [-0.05, 0) is 44.4 Å². The van der Waals surface area contributed by atoms with Gasteiger partial charge in [0.25, 0.3) is 0 Å². The molecule has 3 nitrogen and oxygen atoms in total. The summed E-state index contributed by atoms with van der Waals surface area (Å²) in [5, 5.41) is 3.68. The monoisotopic (exact) mass is 276 g/mol. The van der Waals surface area contributed by atoms with Crippen molar-refractivity contribution in [1.29, 1.82) is 0 Å². The molecule has 1 aliphatic heterocycles. The van der Waals surface area contributed by atoms with E-state index in [0.29, 0.717) is 6.04 Å². The maximum absolute atomic E-state index is 5.79. The molecule has 1 heterocycles. The summed E-state index contributed by atoms with van der Waals surface area (Å²) in [6.07, 6.45) is 2.42. The number of para-hydroxylation sites is 2. The van der Waals surface area contributed by atoms with Gasteiger partial charge < -0.3 is 15.0 Å². The first-order valence-electron chi connectivity index (χ1n) is 7.90. The number of nitrogens with one attached hydrogen (secondary N) is 1. The minimum absolute atomic E-state index is 0.576. The SMILES string of the molecule is CCOc1ccccc1N1CCCNC(CC(C)C)C1. The van der Waals surface area contributed by atoms with Gasteiger partial charge in [0, 0.05) is 19.1 Å². The third-order valence-corrected chi connectivity index (χ3v) is 3.74. The van der Waals surface area contributed by atoms with Gasteiger partial charge in [0.15, 0.2) is 0 Å². The van der Waals surface area contributed by atoms with Crippen LogP contribution >= 0.6 is 0 Å². The van der Waals surface area contributed by atoms with Crippen LogP contribution in [0.1, 0.15) is 33.6 Å². The molecule has 0 aliphatic carbocycles. The molecular weight excluding hydrogens is 248 g/mol. The molecule has 0 spiro atoms. The Bertz CT molecular complexity index is 406. The Morgan fingerprint density at radius 2 is 2.15 bits per heavy atom. The molecule has 0 radical (unpaired) electrons. The second kappa shape index (κ2) is 7.53. The van der Waals surface area contributed by atoms with Gasteiger partial charge in [0.05, 0.1) is 12.3 Å². The topological polar surface area (TPSA) is 24.5 Å². The van der Waals surface area contributed by atoms with E-state index in [1.165, 1.54) is 18.5 Å². The van der Waals surface area contributed by atoms with Gasteiger partial charge in [0.2, 0.25) is 0 Å². The molecule has 1 atom stereocenters. The molecule has 0 amide bonds.